The first-order valence-electron chi connectivity index (χ1n) is 13.4. The van der Waals surface area contributed by atoms with E-state index in [0.717, 1.165) is 5.56 Å². The molecule has 1 fully saturated rings. The van der Waals surface area contributed by atoms with Crippen molar-refractivity contribution in [3.05, 3.63) is 83.9 Å². The van der Waals surface area contributed by atoms with Gasteiger partial charge in [-0.3, -0.25) is 14.6 Å². The predicted molar refractivity (Wildman–Crippen MR) is 148 cm³/mol. The highest BCUT2D eigenvalue weighted by Gasteiger charge is 2.34. The molecule has 1 atom stereocenters. The topological polar surface area (TPSA) is 132 Å². The minimum absolute atomic E-state index is 0.0215. The number of alkyl halides is 2. The lowest BCUT2D eigenvalue weighted by Crippen LogP contribution is -2.40. The van der Waals surface area contributed by atoms with Crippen LogP contribution in [0.1, 0.15) is 54.1 Å². The molecule has 11 nitrogen and oxygen atoms in total. The van der Waals surface area contributed by atoms with Crippen LogP contribution in [0, 0.1) is 5.92 Å². The van der Waals surface area contributed by atoms with Crippen LogP contribution in [-0.4, -0.2) is 60.0 Å². The number of halogens is 2. The molecule has 1 unspecified atom stereocenters. The van der Waals surface area contributed by atoms with Gasteiger partial charge in [-0.2, -0.15) is 8.78 Å². The van der Waals surface area contributed by atoms with E-state index >= 15 is 0 Å². The molecule has 2 aromatic carbocycles. The van der Waals surface area contributed by atoms with Gasteiger partial charge in [0, 0.05) is 37.5 Å². The van der Waals surface area contributed by atoms with E-state index in [1.165, 1.54) is 13.1 Å². The molecule has 6 rings (SSSR count). The van der Waals surface area contributed by atoms with Gasteiger partial charge < -0.3 is 14.6 Å². The van der Waals surface area contributed by atoms with Gasteiger partial charge >= 0.3 is 6.55 Å². The largest absolute Gasteiger partial charge is 0.436 e. The van der Waals surface area contributed by atoms with Crippen molar-refractivity contribution in [3.8, 4) is 11.5 Å². The highest BCUT2D eigenvalue weighted by molar-refractivity contribution is 5.94. The average molecular weight is 573 g/mol. The third-order valence-corrected chi connectivity index (χ3v) is 7.29. The summed E-state index contributed by atoms with van der Waals surface area (Å²) in [5.41, 5.74) is 3.48. The number of piperidine rings is 1. The van der Waals surface area contributed by atoms with E-state index in [9.17, 15) is 18.4 Å². The highest BCUT2D eigenvalue weighted by atomic mass is 19.3. The van der Waals surface area contributed by atoms with Gasteiger partial charge in [0.05, 0.1) is 5.92 Å². The molecule has 4 heterocycles. The average Bonchev–Trinajstić information content (AvgIpc) is 3.66. The van der Waals surface area contributed by atoms with Gasteiger partial charge in [-0.1, -0.05) is 35.1 Å². The zero-order valence-corrected chi connectivity index (χ0v) is 22.5. The van der Waals surface area contributed by atoms with Crippen LogP contribution in [0.5, 0.6) is 0 Å². The Kier molecular flexibility index (Phi) is 7.38. The molecule has 0 bridgehead atoms. The van der Waals surface area contributed by atoms with E-state index in [-0.39, 0.29) is 35.2 Å². The quantitative estimate of drug-likeness (QED) is 0.291. The number of fused-ring (bicyclic) bond motifs is 1. The number of anilines is 1. The van der Waals surface area contributed by atoms with Crippen LogP contribution in [0.2, 0.25) is 0 Å². The fourth-order valence-corrected chi connectivity index (χ4v) is 5.35. The number of pyridine rings is 1. The van der Waals surface area contributed by atoms with Gasteiger partial charge in [0.2, 0.25) is 11.8 Å². The lowest BCUT2D eigenvalue weighted by atomic mass is 9.79. The van der Waals surface area contributed by atoms with Gasteiger partial charge in [0.25, 0.3) is 5.91 Å². The molecule has 1 aliphatic heterocycles. The van der Waals surface area contributed by atoms with Crippen LogP contribution in [0.15, 0.2) is 71.3 Å². The molecule has 0 radical (unpaired) electrons. The lowest BCUT2D eigenvalue weighted by molar-refractivity contribution is -0.114. The second kappa shape index (κ2) is 11.4. The molecule has 42 heavy (non-hydrogen) atoms. The summed E-state index contributed by atoms with van der Waals surface area (Å²) >= 11 is 0. The Morgan fingerprint density at radius 2 is 1.83 bits per heavy atom. The summed E-state index contributed by atoms with van der Waals surface area (Å²) in [5.74, 6) is -0.155. The van der Waals surface area contributed by atoms with E-state index in [1.54, 1.807) is 35.2 Å². The molecule has 214 valence electrons. The minimum atomic E-state index is -2.87. The monoisotopic (exact) mass is 572 g/mol. The molecule has 2 amide bonds. The maximum absolute atomic E-state index is 13.4. The summed E-state index contributed by atoms with van der Waals surface area (Å²) in [5, 5.41) is 14.1. The molecule has 1 aliphatic rings. The van der Waals surface area contributed by atoms with E-state index in [4.69, 9.17) is 4.42 Å². The molecule has 1 N–H and O–H groups in total. The molecule has 0 aliphatic carbocycles. The number of amides is 2. The highest BCUT2D eigenvalue weighted by Crippen LogP contribution is 2.37. The smallest absolute Gasteiger partial charge is 0.350 e. The van der Waals surface area contributed by atoms with Crippen molar-refractivity contribution in [2.75, 3.05) is 18.4 Å². The number of nitrogens with one attached hydrogen (secondary N) is 1. The summed E-state index contributed by atoms with van der Waals surface area (Å²) in [6.45, 7) is -0.536. The molecular formula is C29H26F2N8O3. The molecule has 13 heteroatoms. The molecule has 5 aromatic rings. The zero-order chi connectivity index (χ0) is 29.2. The van der Waals surface area contributed by atoms with Gasteiger partial charge in [-0.05, 0) is 59.9 Å². The summed E-state index contributed by atoms with van der Waals surface area (Å²) < 4.78 is 32.2. The maximum Gasteiger partial charge on any atom is 0.350 e. The normalized spacial score (nSPS) is 14.8. The number of carbonyl (C=O) groups excluding carboxylic acids is 2. The van der Waals surface area contributed by atoms with Crippen molar-refractivity contribution < 1.29 is 22.8 Å². The van der Waals surface area contributed by atoms with E-state index < -0.39 is 6.55 Å². The summed E-state index contributed by atoms with van der Waals surface area (Å²) in [6, 6.07) is 18.0. The summed E-state index contributed by atoms with van der Waals surface area (Å²) in [7, 11) is 0. The molecule has 1 saturated heterocycles. The maximum atomic E-state index is 13.4. The number of likely N-dealkylation sites (tertiary alicyclic amines) is 1. The van der Waals surface area contributed by atoms with Crippen molar-refractivity contribution in [1.82, 2.24) is 35.1 Å². The third kappa shape index (κ3) is 5.57. The van der Waals surface area contributed by atoms with Gasteiger partial charge in [-0.25, -0.2) is 4.98 Å². The number of hydrogen-bond donors (Lipinski definition) is 1. The van der Waals surface area contributed by atoms with Gasteiger partial charge in [0.15, 0.2) is 11.4 Å². The first kappa shape index (κ1) is 27.1. The van der Waals surface area contributed by atoms with Crippen LogP contribution >= 0.6 is 0 Å². The van der Waals surface area contributed by atoms with Gasteiger partial charge in [-0.15, -0.1) is 10.2 Å². The van der Waals surface area contributed by atoms with E-state index in [1.807, 2.05) is 30.3 Å². The van der Waals surface area contributed by atoms with Crippen LogP contribution < -0.4 is 5.32 Å². The number of tetrazole rings is 1. The van der Waals surface area contributed by atoms with Gasteiger partial charge in [0.1, 0.15) is 11.2 Å². The van der Waals surface area contributed by atoms with Crippen molar-refractivity contribution in [1.29, 1.82) is 0 Å². The zero-order valence-electron chi connectivity index (χ0n) is 22.5. The Balaban J connectivity index is 1.18. The number of oxazole rings is 1. The Hall–Kier alpha value is -5.07. The second-order valence-electron chi connectivity index (χ2n) is 10.1. The fraction of sp³-hybridized carbons (Fsp3) is 0.276. The molecule has 3 aromatic heterocycles. The SMILES string of the molecule is CC(=O)Nc1ccc2oc(-c3ccnc(C(=O)N4CCC(C(c5ccccc5)c5nnn(C(F)F)n5)CC4)c3)nc2c1. The number of carbonyl (C=O) groups is 2. The second-order valence-corrected chi connectivity index (χ2v) is 10.1. The van der Waals surface area contributed by atoms with Crippen LogP contribution in [0.25, 0.3) is 22.6 Å². The van der Waals surface area contributed by atoms with Crippen LogP contribution in [0.4, 0.5) is 14.5 Å². The van der Waals surface area contributed by atoms with Crippen LogP contribution in [0.3, 0.4) is 0 Å². The van der Waals surface area contributed by atoms with Crippen molar-refractivity contribution in [2.45, 2.75) is 32.2 Å². The first-order valence-corrected chi connectivity index (χ1v) is 13.4. The Morgan fingerprint density at radius 1 is 1.05 bits per heavy atom. The van der Waals surface area contributed by atoms with Crippen LogP contribution in [-0.2, 0) is 4.79 Å². The lowest BCUT2D eigenvalue weighted by Gasteiger charge is -2.35. The fourth-order valence-electron chi connectivity index (χ4n) is 5.35. The molecular weight excluding hydrogens is 546 g/mol. The Bertz CT molecular complexity index is 1730. The number of rotatable bonds is 7. The Labute approximate surface area is 238 Å². The van der Waals surface area contributed by atoms with Crippen molar-refractivity contribution in [2.24, 2.45) is 5.92 Å². The summed E-state index contributed by atoms with van der Waals surface area (Å²) in [6.07, 6.45) is 2.78. The summed E-state index contributed by atoms with van der Waals surface area (Å²) in [4.78, 5) is 35.7. The predicted octanol–water partition coefficient (Wildman–Crippen LogP) is 4.91. The van der Waals surface area contributed by atoms with E-state index in [0.29, 0.717) is 59.0 Å². The first-order chi connectivity index (χ1) is 20.4. The standard InChI is InChI=1S/C29H26F2N8O3/c1-17(40)33-21-7-8-24-22(16-21)34-27(42-24)20-9-12-32-23(15-20)28(41)38-13-10-19(11-14-38)25(18-5-3-2-4-6-18)26-35-37-39(36-26)29(30)31/h2-9,12,15-16,19,25,29H,10-11,13-14H2,1H3,(H,33,40). The number of aromatic nitrogens is 6. The number of nitrogens with zero attached hydrogens (tertiary/aromatic N) is 7. The Morgan fingerprint density at radius 3 is 2.55 bits per heavy atom. The minimum Gasteiger partial charge on any atom is -0.436 e. The van der Waals surface area contributed by atoms with Crippen molar-refractivity contribution in [3.63, 3.8) is 0 Å². The molecule has 0 saturated carbocycles. The molecule has 0 spiro atoms. The number of benzene rings is 2. The number of hydrogen-bond acceptors (Lipinski definition) is 8. The third-order valence-electron chi connectivity index (χ3n) is 7.29. The van der Waals surface area contributed by atoms with Crippen molar-refractivity contribution >= 4 is 28.6 Å². The van der Waals surface area contributed by atoms with E-state index in [2.05, 4.69) is 30.7 Å².